The smallest absolute Gasteiger partial charge is 0.276 e. The summed E-state index contributed by atoms with van der Waals surface area (Å²) in [6.45, 7) is -0.375. The largest absolute Gasteiger partial charge is 0.484 e. The van der Waals surface area contributed by atoms with E-state index in [9.17, 15) is 18.8 Å². The lowest BCUT2D eigenvalue weighted by atomic mass is 10.1. The molecule has 0 radical (unpaired) electrons. The van der Waals surface area contributed by atoms with Crippen LogP contribution in [-0.4, -0.2) is 30.4 Å². The second-order valence-corrected chi connectivity index (χ2v) is 5.63. The van der Waals surface area contributed by atoms with Crippen LogP contribution in [0.1, 0.15) is 6.42 Å². The van der Waals surface area contributed by atoms with Gasteiger partial charge in [0, 0.05) is 0 Å². The number of carbonyl (C=O) groups is 3. The van der Waals surface area contributed by atoms with Crippen molar-refractivity contribution in [3.8, 4) is 11.5 Å². The summed E-state index contributed by atoms with van der Waals surface area (Å²) < 4.78 is 23.4. The predicted octanol–water partition coefficient (Wildman–Crippen LogP) is 1.14. The number of amides is 3. The van der Waals surface area contributed by atoms with Crippen LogP contribution in [0.5, 0.6) is 11.5 Å². The maximum Gasteiger partial charge on any atom is 0.276 e. The summed E-state index contributed by atoms with van der Waals surface area (Å²) in [6, 6.07) is 12.0. The first-order valence-electron chi connectivity index (χ1n) is 8.04. The van der Waals surface area contributed by atoms with Crippen LogP contribution in [0.2, 0.25) is 0 Å². The van der Waals surface area contributed by atoms with E-state index in [1.807, 2.05) is 0 Å². The second-order valence-electron chi connectivity index (χ2n) is 5.63. The Morgan fingerprint density at radius 3 is 2.56 bits per heavy atom. The molecule has 2 aromatic carbocycles. The molecule has 9 heteroatoms. The van der Waals surface area contributed by atoms with E-state index in [0.29, 0.717) is 17.2 Å². The van der Waals surface area contributed by atoms with E-state index in [-0.39, 0.29) is 13.0 Å². The zero-order valence-corrected chi connectivity index (χ0v) is 14.0. The summed E-state index contributed by atoms with van der Waals surface area (Å²) in [5.41, 5.74) is 4.88. The molecular formula is C18H16FN3O5. The third-order valence-electron chi connectivity index (χ3n) is 3.60. The van der Waals surface area contributed by atoms with E-state index in [2.05, 4.69) is 16.2 Å². The van der Waals surface area contributed by atoms with E-state index >= 15 is 0 Å². The van der Waals surface area contributed by atoms with Gasteiger partial charge >= 0.3 is 0 Å². The van der Waals surface area contributed by atoms with Gasteiger partial charge in [-0.25, -0.2) is 4.39 Å². The Morgan fingerprint density at radius 1 is 1.07 bits per heavy atom. The molecule has 0 saturated carbocycles. The summed E-state index contributed by atoms with van der Waals surface area (Å²) in [6.07, 6.45) is -1.29. The van der Waals surface area contributed by atoms with Crippen molar-refractivity contribution in [3.63, 3.8) is 0 Å². The maximum absolute atomic E-state index is 12.8. The van der Waals surface area contributed by atoms with Crippen LogP contribution in [0, 0.1) is 5.82 Å². The first-order chi connectivity index (χ1) is 13.0. The van der Waals surface area contributed by atoms with Crippen LogP contribution in [0.25, 0.3) is 0 Å². The monoisotopic (exact) mass is 373 g/mol. The fraction of sp³-hybridized carbons (Fsp3) is 0.167. The average molecular weight is 373 g/mol. The van der Waals surface area contributed by atoms with Crippen LogP contribution in [0.4, 0.5) is 10.1 Å². The Bertz CT molecular complexity index is 856. The molecule has 3 N–H and O–H groups in total. The molecule has 140 valence electrons. The van der Waals surface area contributed by atoms with Crippen LogP contribution < -0.4 is 25.6 Å². The molecule has 0 aromatic heterocycles. The lowest BCUT2D eigenvalue weighted by Gasteiger charge is -2.25. The number of carbonyl (C=O) groups excluding carboxylic acids is 3. The minimum atomic E-state index is -1.01. The highest BCUT2D eigenvalue weighted by molar-refractivity contribution is 6.00. The first kappa shape index (κ1) is 18.2. The number of halogens is 1. The van der Waals surface area contributed by atoms with Crippen molar-refractivity contribution in [3.05, 3.63) is 54.3 Å². The summed E-state index contributed by atoms with van der Waals surface area (Å²) in [5.74, 6) is -1.32. The van der Waals surface area contributed by atoms with Gasteiger partial charge in [0.15, 0.2) is 12.7 Å². The number of hydrogen-bond acceptors (Lipinski definition) is 5. The van der Waals surface area contributed by atoms with Gasteiger partial charge in [0.1, 0.15) is 17.3 Å². The minimum absolute atomic E-state index is 0.279. The van der Waals surface area contributed by atoms with Crippen molar-refractivity contribution in [2.45, 2.75) is 12.5 Å². The fourth-order valence-electron chi connectivity index (χ4n) is 2.30. The zero-order chi connectivity index (χ0) is 19.2. The Morgan fingerprint density at radius 2 is 1.78 bits per heavy atom. The van der Waals surface area contributed by atoms with Crippen LogP contribution in [0.15, 0.2) is 48.5 Å². The summed E-state index contributed by atoms with van der Waals surface area (Å²) in [5, 5.41) is 2.64. The molecular weight excluding hydrogens is 357 g/mol. The van der Waals surface area contributed by atoms with Gasteiger partial charge in [-0.3, -0.25) is 25.2 Å². The van der Waals surface area contributed by atoms with E-state index < -0.39 is 29.6 Å². The Balaban J connectivity index is 1.42. The van der Waals surface area contributed by atoms with Gasteiger partial charge in [0.05, 0.1) is 12.1 Å². The molecule has 1 aliphatic rings. The van der Waals surface area contributed by atoms with E-state index in [1.165, 1.54) is 24.3 Å². The van der Waals surface area contributed by atoms with E-state index in [1.54, 1.807) is 24.3 Å². The molecule has 0 spiro atoms. The molecule has 0 fully saturated rings. The van der Waals surface area contributed by atoms with Gasteiger partial charge in [-0.15, -0.1) is 0 Å². The van der Waals surface area contributed by atoms with Crippen molar-refractivity contribution in [2.24, 2.45) is 0 Å². The molecule has 0 unspecified atom stereocenters. The lowest BCUT2D eigenvalue weighted by molar-refractivity contribution is -0.133. The average Bonchev–Trinajstić information content (AvgIpc) is 2.66. The number of rotatable bonds is 5. The molecule has 0 saturated heterocycles. The number of hydrogen-bond donors (Lipinski definition) is 3. The Kier molecular flexibility index (Phi) is 5.50. The highest BCUT2D eigenvalue weighted by atomic mass is 19.1. The SMILES string of the molecule is O=C(COc1ccc(F)cc1)NNC(=O)C[C@H]1Oc2ccccc2NC1=O. The molecule has 27 heavy (non-hydrogen) atoms. The van der Waals surface area contributed by atoms with Crippen molar-refractivity contribution >= 4 is 23.4 Å². The normalized spacial score (nSPS) is 15.0. The van der Waals surface area contributed by atoms with Crippen LogP contribution >= 0.6 is 0 Å². The van der Waals surface area contributed by atoms with Crippen molar-refractivity contribution in [1.82, 2.24) is 10.9 Å². The van der Waals surface area contributed by atoms with Gasteiger partial charge in [-0.1, -0.05) is 12.1 Å². The summed E-state index contributed by atoms with van der Waals surface area (Å²) in [4.78, 5) is 35.6. The molecule has 2 aromatic rings. The number of hydrazine groups is 1. The molecule has 3 amide bonds. The third kappa shape index (κ3) is 4.94. The maximum atomic E-state index is 12.8. The van der Waals surface area contributed by atoms with Crippen molar-refractivity contribution in [1.29, 1.82) is 0 Å². The van der Waals surface area contributed by atoms with Crippen molar-refractivity contribution in [2.75, 3.05) is 11.9 Å². The molecule has 8 nitrogen and oxygen atoms in total. The number of fused-ring (bicyclic) bond motifs is 1. The standard InChI is InChI=1S/C18H16FN3O5/c19-11-5-7-12(8-6-11)26-10-17(24)22-21-16(23)9-15-18(25)20-13-3-1-2-4-14(13)27-15/h1-8,15H,9-10H2,(H,20,25)(H,21,23)(H,22,24)/t15-/m1/s1. The fourth-order valence-corrected chi connectivity index (χ4v) is 2.30. The molecule has 0 aliphatic carbocycles. The highest BCUT2D eigenvalue weighted by Crippen LogP contribution is 2.29. The number of para-hydroxylation sites is 2. The van der Waals surface area contributed by atoms with Crippen LogP contribution in [0.3, 0.4) is 0 Å². The molecule has 1 heterocycles. The molecule has 1 atom stereocenters. The minimum Gasteiger partial charge on any atom is -0.484 e. The number of ether oxygens (including phenoxy) is 2. The number of nitrogens with one attached hydrogen (secondary N) is 3. The number of benzene rings is 2. The third-order valence-corrected chi connectivity index (χ3v) is 3.60. The number of anilines is 1. The predicted molar refractivity (Wildman–Crippen MR) is 92.3 cm³/mol. The second kappa shape index (κ2) is 8.17. The topological polar surface area (TPSA) is 106 Å². The van der Waals surface area contributed by atoms with Gasteiger partial charge in [0.2, 0.25) is 5.91 Å². The van der Waals surface area contributed by atoms with Gasteiger partial charge in [0.25, 0.3) is 11.8 Å². The van der Waals surface area contributed by atoms with E-state index in [0.717, 1.165) is 0 Å². The quantitative estimate of drug-likeness (QED) is 0.682. The van der Waals surface area contributed by atoms with E-state index in [4.69, 9.17) is 9.47 Å². The van der Waals surface area contributed by atoms with Crippen LogP contribution in [-0.2, 0) is 14.4 Å². The first-order valence-corrected chi connectivity index (χ1v) is 8.04. The highest BCUT2D eigenvalue weighted by Gasteiger charge is 2.29. The molecule has 1 aliphatic heterocycles. The van der Waals surface area contributed by atoms with Gasteiger partial charge in [-0.2, -0.15) is 0 Å². The zero-order valence-electron chi connectivity index (χ0n) is 14.0. The Labute approximate surface area is 153 Å². The lowest BCUT2D eigenvalue weighted by Crippen LogP contribution is -2.47. The van der Waals surface area contributed by atoms with Crippen molar-refractivity contribution < 1.29 is 28.2 Å². The summed E-state index contributed by atoms with van der Waals surface area (Å²) >= 11 is 0. The van der Waals surface area contributed by atoms with Gasteiger partial charge < -0.3 is 14.8 Å². The molecule has 0 bridgehead atoms. The van der Waals surface area contributed by atoms with Gasteiger partial charge in [-0.05, 0) is 36.4 Å². The summed E-state index contributed by atoms with van der Waals surface area (Å²) in [7, 11) is 0. The Hall–Kier alpha value is -3.62. The molecule has 3 rings (SSSR count).